The number of Topliss-reactive ketones (excluding diaryl/α,β-unsaturated/α-hetero) is 3. The van der Waals surface area contributed by atoms with E-state index in [1.807, 2.05) is 27.7 Å². The van der Waals surface area contributed by atoms with Crippen LogP contribution in [0, 0.1) is 0 Å². The number of halogens is 8. The molecule has 2 aromatic rings. The smallest absolute Gasteiger partial charge is 0.416 e. The molecule has 3 amide bonds. The summed E-state index contributed by atoms with van der Waals surface area (Å²) in [4.78, 5) is 80.6. The van der Waals surface area contributed by atoms with E-state index in [0.717, 1.165) is 74.7 Å². The molecule has 4 heterocycles. The van der Waals surface area contributed by atoms with Gasteiger partial charge in [-0.2, -0.15) is 26.3 Å². The molecule has 14 nitrogen and oxygen atoms in total. The number of nitrogens with one attached hydrogen (secondary N) is 2. The first-order valence-corrected chi connectivity index (χ1v) is 24.1. The van der Waals surface area contributed by atoms with Crippen molar-refractivity contribution in [3.05, 3.63) is 109 Å². The van der Waals surface area contributed by atoms with Crippen LogP contribution in [0.25, 0.3) is 0 Å². The van der Waals surface area contributed by atoms with Crippen LogP contribution in [-0.2, 0) is 45.9 Å². The Morgan fingerprint density at radius 3 is 1.31 bits per heavy atom. The van der Waals surface area contributed by atoms with Gasteiger partial charge in [0.25, 0.3) is 0 Å². The number of carbonyl (C=O) groups excluding carboxylic acids is 7. The molecule has 22 heteroatoms. The number of benzene rings is 2. The molecule has 2 atom stereocenters. The van der Waals surface area contributed by atoms with Crippen molar-refractivity contribution >= 4 is 64.5 Å². The van der Waals surface area contributed by atoms with E-state index in [4.69, 9.17) is 22.1 Å². The molecule has 0 spiro atoms. The van der Waals surface area contributed by atoms with Crippen molar-refractivity contribution < 1.29 is 64.6 Å². The summed E-state index contributed by atoms with van der Waals surface area (Å²) in [5.74, 6) is 0.749. The van der Waals surface area contributed by atoms with Gasteiger partial charge in [0.05, 0.1) is 11.1 Å². The number of hydrogen-bond donors (Lipinski definition) is 3. The van der Waals surface area contributed by atoms with E-state index in [-0.39, 0.29) is 60.0 Å². The summed E-state index contributed by atoms with van der Waals surface area (Å²) >= 11 is 4.71. The Morgan fingerprint density at radius 2 is 1.00 bits per heavy atom. The second-order valence-electron chi connectivity index (χ2n) is 18.1. The maximum Gasteiger partial charge on any atom is 0.416 e. The molecule has 0 saturated carbocycles. The van der Waals surface area contributed by atoms with Crippen LogP contribution in [0.1, 0.15) is 120 Å². The highest BCUT2D eigenvalue weighted by molar-refractivity contribution is 6.66. The average molecular weight is 1090 g/mol. The predicted octanol–water partition coefficient (Wildman–Crippen LogP) is 9.51. The lowest BCUT2D eigenvalue weighted by Crippen LogP contribution is -2.45. The number of alkyl halides is 6. The standard InChI is InChI=1S/C17H21F3N2O.C10H17NO3.C9H10F3N.C8H11NO2.C5H9NO.C3H3ClO.ClH/c1-3-16(23)22-10-8-15(9-11-22)21-12(2)13-4-6-14(7-5-13)17(18,19)20;1-10(2,3)14-9(13)11-6-4-8(12)5-7-11;1-6(13)7-2-4-8(5-3-7)9(10,11)12;1-2-8(11)9-5-3-7(10)4-6-9;7-5-1-3-6-4-2-5;1-2-3(4)5;/h3-7,12,15,21H,1,8-11H2,2H3;4-7H2,1-3H3;2-6H,13H2,1H3;2H,1,3-6H2;6H,1-4H2;2H,1H2;1H/t12-;;6-;;;;/m0.0..../s1. The van der Waals surface area contributed by atoms with Crippen molar-refractivity contribution in [3.63, 3.8) is 0 Å². The van der Waals surface area contributed by atoms with Crippen molar-refractivity contribution in [2.75, 3.05) is 52.4 Å². The Labute approximate surface area is 441 Å². The van der Waals surface area contributed by atoms with Gasteiger partial charge in [-0.3, -0.25) is 28.8 Å². The molecule has 4 N–H and O–H groups in total. The zero-order valence-electron chi connectivity index (χ0n) is 42.8. The number of piperidine rings is 4. The Hall–Kier alpha value is -5.41. The Bertz CT molecular complexity index is 2100. The Balaban J connectivity index is 0.000000915. The molecule has 6 rings (SSSR count). The Kier molecular flexibility index (Phi) is 31.7. The number of likely N-dealkylation sites (tertiary alicyclic amines) is 3. The third-order valence-corrected chi connectivity index (χ3v) is 11.2. The minimum atomic E-state index is -4.31. The lowest BCUT2D eigenvalue weighted by atomic mass is 10.0. The van der Waals surface area contributed by atoms with E-state index in [2.05, 4.69) is 30.4 Å². The van der Waals surface area contributed by atoms with Crippen LogP contribution >= 0.6 is 24.0 Å². The monoisotopic (exact) mass is 1090 g/mol. The van der Waals surface area contributed by atoms with Gasteiger partial charge in [0, 0.05) is 109 Å². The molecule has 4 aliphatic rings. The van der Waals surface area contributed by atoms with Crippen molar-refractivity contribution in [2.24, 2.45) is 5.73 Å². The lowest BCUT2D eigenvalue weighted by molar-refractivity contribution is -0.138. The zero-order chi connectivity index (χ0) is 55.5. The predicted molar refractivity (Wildman–Crippen MR) is 275 cm³/mol. The van der Waals surface area contributed by atoms with Crippen molar-refractivity contribution in [1.29, 1.82) is 0 Å². The van der Waals surface area contributed by atoms with E-state index in [1.165, 1.54) is 36.4 Å². The fourth-order valence-corrected chi connectivity index (χ4v) is 6.86. The maximum atomic E-state index is 12.6. The first-order valence-electron chi connectivity index (χ1n) is 23.7. The number of amides is 3. The van der Waals surface area contributed by atoms with Gasteiger partial charge in [-0.1, -0.05) is 44.0 Å². The summed E-state index contributed by atoms with van der Waals surface area (Å²) in [6.45, 7) is 24.3. The highest BCUT2D eigenvalue weighted by Crippen LogP contribution is 2.31. The molecule has 2 aromatic carbocycles. The van der Waals surface area contributed by atoms with Crippen LogP contribution in [0.5, 0.6) is 0 Å². The van der Waals surface area contributed by atoms with Gasteiger partial charge in [-0.05, 0) is 113 Å². The molecule has 0 unspecified atom stereocenters. The van der Waals surface area contributed by atoms with Crippen LogP contribution in [0.3, 0.4) is 0 Å². The number of nitrogens with zero attached hydrogens (tertiary/aromatic N) is 3. The minimum Gasteiger partial charge on any atom is -0.444 e. The van der Waals surface area contributed by atoms with Gasteiger partial charge < -0.3 is 35.8 Å². The average Bonchev–Trinajstić information content (AvgIpc) is 3.34. The van der Waals surface area contributed by atoms with Gasteiger partial charge in [0.2, 0.25) is 17.1 Å². The van der Waals surface area contributed by atoms with Gasteiger partial charge in [0.1, 0.15) is 23.0 Å². The summed E-state index contributed by atoms with van der Waals surface area (Å²) < 4.78 is 79.2. The lowest BCUT2D eigenvalue weighted by Gasteiger charge is -2.33. The fraction of sp³-hybridized carbons (Fsp3) is 0.519. The number of ether oxygens (including phenoxy) is 1. The SMILES string of the molecule is C=CC(=O)Cl.C=CC(=O)N1CCC(=O)CC1.C=CC(=O)N1CCC(N[C@@H](C)c2ccc(C(F)(F)F)cc2)CC1.CC(C)(C)OC(=O)N1CCC(=O)CC1.C[C@H](N)c1ccc(C(F)(F)F)cc1.Cl.O=C1CCNCC1. The van der Waals surface area contributed by atoms with E-state index in [0.29, 0.717) is 76.3 Å². The van der Waals surface area contributed by atoms with Crippen LogP contribution in [-0.4, -0.2) is 119 Å². The number of hydrogen-bond acceptors (Lipinski definition) is 11. The van der Waals surface area contributed by atoms with Gasteiger partial charge in [-0.25, -0.2) is 4.79 Å². The van der Waals surface area contributed by atoms with Crippen LogP contribution in [0.2, 0.25) is 0 Å². The quantitative estimate of drug-likeness (QED) is 0.136. The van der Waals surface area contributed by atoms with E-state index < -0.39 is 34.3 Å². The topological polar surface area (TPSA) is 189 Å². The molecule has 4 saturated heterocycles. The summed E-state index contributed by atoms with van der Waals surface area (Å²) in [6.07, 6.45) is -0.205. The summed E-state index contributed by atoms with van der Waals surface area (Å²) in [6, 6.07) is 10.1. The summed E-state index contributed by atoms with van der Waals surface area (Å²) in [5, 5.41) is 6.01. The molecule has 0 aliphatic carbocycles. The van der Waals surface area contributed by atoms with Gasteiger partial charge in [-0.15, -0.1) is 12.4 Å². The summed E-state index contributed by atoms with van der Waals surface area (Å²) in [5.41, 5.74) is 5.28. The highest BCUT2D eigenvalue weighted by Gasteiger charge is 2.31. The van der Waals surface area contributed by atoms with Crippen molar-refractivity contribution in [2.45, 2.75) is 122 Å². The van der Waals surface area contributed by atoms with E-state index in [9.17, 15) is 59.9 Å². The van der Waals surface area contributed by atoms with E-state index >= 15 is 0 Å². The number of allylic oxidation sites excluding steroid dienone is 1. The first-order chi connectivity index (χ1) is 34.0. The molecule has 4 aliphatic heterocycles. The number of ketones is 3. The number of carbonyl (C=O) groups is 7. The third-order valence-electron chi connectivity index (χ3n) is 11.1. The zero-order valence-corrected chi connectivity index (χ0v) is 44.3. The molecule has 414 valence electrons. The normalized spacial score (nSPS) is 16.8. The van der Waals surface area contributed by atoms with Gasteiger partial charge in [0.15, 0.2) is 0 Å². The molecule has 4 fully saturated rings. The minimum absolute atomic E-state index is 0. The molecular weight excluding hydrogens is 1020 g/mol. The fourth-order valence-electron chi connectivity index (χ4n) is 6.86. The second kappa shape index (κ2) is 34.2. The van der Waals surface area contributed by atoms with Gasteiger partial charge >= 0.3 is 18.4 Å². The first kappa shape index (κ1) is 68.6. The van der Waals surface area contributed by atoms with Crippen molar-refractivity contribution in [3.8, 4) is 0 Å². The molecule has 0 bridgehead atoms. The largest absolute Gasteiger partial charge is 0.444 e. The summed E-state index contributed by atoms with van der Waals surface area (Å²) in [7, 11) is 0. The third kappa shape index (κ3) is 28.9. The second-order valence-corrected chi connectivity index (χ2v) is 18.5. The molecule has 74 heavy (non-hydrogen) atoms. The van der Waals surface area contributed by atoms with Crippen molar-refractivity contribution in [1.82, 2.24) is 25.3 Å². The molecular formula is C52H72Cl2F6N6O8. The van der Waals surface area contributed by atoms with E-state index in [1.54, 1.807) is 21.6 Å². The molecule has 0 aromatic heterocycles. The Morgan fingerprint density at radius 1 is 0.649 bits per heavy atom. The molecule has 0 radical (unpaired) electrons. The number of rotatable bonds is 7. The number of nitrogens with two attached hydrogens (primary N) is 1. The van der Waals surface area contributed by atoms with Crippen LogP contribution < -0.4 is 16.4 Å². The maximum absolute atomic E-state index is 12.6. The van der Waals surface area contributed by atoms with Crippen LogP contribution in [0.4, 0.5) is 31.1 Å². The van der Waals surface area contributed by atoms with Crippen LogP contribution in [0.15, 0.2) is 86.5 Å². The highest BCUT2D eigenvalue weighted by atomic mass is 35.5.